The molecule has 110 valence electrons. The quantitative estimate of drug-likeness (QED) is 0.591. The van der Waals surface area contributed by atoms with E-state index in [0.29, 0.717) is 11.8 Å². The second-order valence-electron chi connectivity index (χ2n) is 4.33. The van der Waals surface area contributed by atoms with Gasteiger partial charge in [-0.15, -0.1) is 0 Å². The standard InChI is InChI=1S/C14H18O6/c1-18-8-14(9-19-2,13(17)20-3)11-4-5-12(16)10(6-11)7-15/h4-7,16H,8-9H2,1-3H3. The summed E-state index contributed by atoms with van der Waals surface area (Å²) in [7, 11) is 4.17. The molecule has 0 aliphatic heterocycles. The molecule has 1 N–H and O–H groups in total. The van der Waals surface area contributed by atoms with Gasteiger partial charge in [0.2, 0.25) is 0 Å². The number of phenolic OH excluding ortho intramolecular Hbond substituents is 1. The Balaban J connectivity index is 3.41. The first-order chi connectivity index (χ1) is 9.55. The monoisotopic (exact) mass is 282 g/mol. The number of methoxy groups -OCH3 is 3. The second-order valence-corrected chi connectivity index (χ2v) is 4.33. The number of aromatic hydroxyl groups is 1. The molecule has 0 aliphatic rings. The van der Waals surface area contributed by atoms with Gasteiger partial charge in [-0.2, -0.15) is 0 Å². The molecule has 0 atom stereocenters. The van der Waals surface area contributed by atoms with Crippen molar-refractivity contribution < 1.29 is 28.9 Å². The number of aldehydes is 1. The molecule has 6 heteroatoms. The normalized spacial score (nSPS) is 11.2. The zero-order valence-corrected chi connectivity index (χ0v) is 11.7. The molecule has 0 saturated heterocycles. The molecular formula is C14H18O6. The van der Waals surface area contributed by atoms with E-state index >= 15 is 0 Å². The van der Waals surface area contributed by atoms with Gasteiger partial charge in [-0.25, -0.2) is 0 Å². The van der Waals surface area contributed by atoms with Crippen molar-refractivity contribution in [2.24, 2.45) is 0 Å². The Morgan fingerprint density at radius 2 is 1.85 bits per heavy atom. The molecule has 1 aromatic carbocycles. The fraction of sp³-hybridized carbons (Fsp3) is 0.429. The lowest BCUT2D eigenvalue weighted by Crippen LogP contribution is -2.45. The Morgan fingerprint density at radius 3 is 2.30 bits per heavy atom. The van der Waals surface area contributed by atoms with Crippen LogP contribution in [0.2, 0.25) is 0 Å². The lowest BCUT2D eigenvalue weighted by atomic mass is 9.81. The molecule has 1 aromatic rings. The summed E-state index contributed by atoms with van der Waals surface area (Å²) in [5.41, 5.74) is -0.625. The average Bonchev–Trinajstić information content (AvgIpc) is 2.46. The highest BCUT2D eigenvalue weighted by atomic mass is 16.5. The molecule has 0 radical (unpaired) electrons. The molecule has 0 heterocycles. The van der Waals surface area contributed by atoms with Gasteiger partial charge in [-0.3, -0.25) is 9.59 Å². The van der Waals surface area contributed by atoms with Crippen LogP contribution >= 0.6 is 0 Å². The van der Waals surface area contributed by atoms with Crippen molar-refractivity contribution in [3.05, 3.63) is 29.3 Å². The van der Waals surface area contributed by atoms with Crippen molar-refractivity contribution >= 4 is 12.3 Å². The van der Waals surface area contributed by atoms with E-state index in [1.807, 2.05) is 0 Å². The van der Waals surface area contributed by atoms with Gasteiger partial charge in [-0.1, -0.05) is 6.07 Å². The Bertz CT molecular complexity index is 477. The van der Waals surface area contributed by atoms with Crippen LogP contribution in [0.5, 0.6) is 5.75 Å². The number of hydrogen-bond acceptors (Lipinski definition) is 6. The van der Waals surface area contributed by atoms with Crippen LogP contribution < -0.4 is 0 Å². The third kappa shape index (κ3) is 2.97. The van der Waals surface area contributed by atoms with Gasteiger partial charge in [0.1, 0.15) is 11.2 Å². The largest absolute Gasteiger partial charge is 0.507 e. The van der Waals surface area contributed by atoms with Gasteiger partial charge in [0.05, 0.1) is 25.9 Å². The fourth-order valence-corrected chi connectivity index (χ4v) is 2.08. The van der Waals surface area contributed by atoms with Crippen molar-refractivity contribution in [3.8, 4) is 5.75 Å². The van der Waals surface area contributed by atoms with Crippen LogP contribution in [0.15, 0.2) is 18.2 Å². The third-order valence-electron chi connectivity index (χ3n) is 3.06. The lowest BCUT2D eigenvalue weighted by molar-refractivity contribution is -0.152. The van der Waals surface area contributed by atoms with Crippen LogP contribution in [0.4, 0.5) is 0 Å². The molecule has 0 aromatic heterocycles. The van der Waals surface area contributed by atoms with Crippen LogP contribution in [0.3, 0.4) is 0 Å². The summed E-state index contributed by atoms with van der Waals surface area (Å²) in [5, 5.41) is 9.55. The van der Waals surface area contributed by atoms with Gasteiger partial charge in [0, 0.05) is 14.2 Å². The van der Waals surface area contributed by atoms with Crippen LogP contribution in [0, 0.1) is 0 Å². The number of hydrogen-bond donors (Lipinski definition) is 1. The van der Waals surface area contributed by atoms with Gasteiger partial charge in [0.15, 0.2) is 6.29 Å². The van der Waals surface area contributed by atoms with E-state index in [9.17, 15) is 14.7 Å². The SMILES string of the molecule is COCC(COC)(C(=O)OC)c1ccc(O)c(C=O)c1. The van der Waals surface area contributed by atoms with Gasteiger partial charge in [-0.05, 0) is 17.7 Å². The lowest BCUT2D eigenvalue weighted by Gasteiger charge is -2.30. The molecule has 0 unspecified atom stereocenters. The maximum atomic E-state index is 12.2. The fourth-order valence-electron chi connectivity index (χ4n) is 2.08. The minimum atomic E-state index is -1.19. The number of esters is 1. The van der Waals surface area contributed by atoms with E-state index in [1.54, 1.807) is 0 Å². The van der Waals surface area contributed by atoms with E-state index in [1.165, 1.54) is 39.5 Å². The van der Waals surface area contributed by atoms with Crippen LogP contribution in [0.1, 0.15) is 15.9 Å². The van der Waals surface area contributed by atoms with Crippen LogP contribution in [-0.4, -0.2) is 51.9 Å². The Kier molecular flexibility index (Phi) is 5.66. The Hall–Kier alpha value is -1.92. The zero-order valence-electron chi connectivity index (χ0n) is 11.7. The van der Waals surface area contributed by atoms with Crippen molar-refractivity contribution in [1.82, 2.24) is 0 Å². The van der Waals surface area contributed by atoms with E-state index in [4.69, 9.17) is 14.2 Å². The first-order valence-electron chi connectivity index (χ1n) is 5.90. The van der Waals surface area contributed by atoms with Gasteiger partial charge in [0.25, 0.3) is 0 Å². The zero-order chi connectivity index (χ0) is 15.2. The van der Waals surface area contributed by atoms with Gasteiger partial charge >= 0.3 is 5.97 Å². The first kappa shape index (κ1) is 16.1. The summed E-state index contributed by atoms with van der Waals surface area (Å²) in [6.07, 6.45) is 0.514. The summed E-state index contributed by atoms with van der Waals surface area (Å²) in [4.78, 5) is 23.1. The second kappa shape index (κ2) is 7.02. The Labute approximate surface area is 117 Å². The molecule has 0 spiro atoms. The average molecular weight is 282 g/mol. The third-order valence-corrected chi connectivity index (χ3v) is 3.06. The summed E-state index contributed by atoms with van der Waals surface area (Å²) in [6, 6.07) is 4.32. The van der Waals surface area contributed by atoms with Gasteiger partial charge < -0.3 is 19.3 Å². The van der Waals surface area contributed by atoms with Crippen molar-refractivity contribution in [2.75, 3.05) is 34.5 Å². The molecule has 6 nitrogen and oxygen atoms in total. The summed E-state index contributed by atoms with van der Waals surface area (Å²) in [6.45, 7) is 0.0488. The van der Waals surface area contributed by atoms with Crippen LogP contribution in [0.25, 0.3) is 0 Å². The summed E-state index contributed by atoms with van der Waals surface area (Å²) in [5.74, 6) is -0.693. The number of benzene rings is 1. The minimum Gasteiger partial charge on any atom is -0.507 e. The predicted molar refractivity (Wildman–Crippen MR) is 70.9 cm³/mol. The topological polar surface area (TPSA) is 82.1 Å². The first-order valence-corrected chi connectivity index (χ1v) is 5.90. The van der Waals surface area contributed by atoms with Crippen molar-refractivity contribution in [1.29, 1.82) is 0 Å². The molecule has 0 bridgehead atoms. The molecule has 0 amide bonds. The molecule has 0 aliphatic carbocycles. The maximum absolute atomic E-state index is 12.2. The summed E-state index contributed by atoms with van der Waals surface area (Å²) < 4.78 is 15.0. The number of phenols is 1. The van der Waals surface area contributed by atoms with E-state index in [-0.39, 0.29) is 24.5 Å². The molecule has 20 heavy (non-hydrogen) atoms. The Morgan fingerprint density at radius 1 is 1.25 bits per heavy atom. The van der Waals surface area contributed by atoms with Crippen molar-refractivity contribution in [2.45, 2.75) is 5.41 Å². The highest BCUT2D eigenvalue weighted by Gasteiger charge is 2.42. The van der Waals surface area contributed by atoms with E-state index in [0.717, 1.165) is 0 Å². The molecule has 0 fully saturated rings. The number of rotatable bonds is 7. The predicted octanol–water partition coefficient (Wildman–Crippen LogP) is 0.908. The molecule has 1 rings (SSSR count). The number of ether oxygens (including phenoxy) is 3. The minimum absolute atomic E-state index is 0.0244. The number of carbonyl (C=O) groups excluding carboxylic acids is 2. The van der Waals surface area contributed by atoms with E-state index < -0.39 is 11.4 Å². The highest BCUT2D eigenvalue weighted by molar-refractivity contribution is 5.86. The molecular weight excluding hydrogens is 264 g/mol. The molecule has 0 saturated carbocycles. The number of carbonyl (C=O) groups is 2. The van der Waals surface area contributed by atoms with Crippen LogP contribution in [-0.2, 0) is 24.4 Å². The summed E-state index contributed by atoms with van der Waals surface area (Å²) >= 11 is 0. The highest BCUT2D eigenvalue weighted by Crippen LogP contribution is 2.30. The smallest absolute Gasteiger partial charge is 0.321 e. The van der Waals surface area contributed by atoms with E-state index in [2.05, 4.69) is 0 Å². The van der Waals surface area contributed by atoms with Crippen molar-refractivity contribution in [3.63, 3.8) is 0 Å². The maximum Gasteiger partial charge on any atom is 0.321 e.